The fraction of sp³-hybridized carbons (Fsp3) is 0.667. The number of hydrogen-bond donors (Lipinski definition) is 1. The maximum Gasteiger partial charge on any atom is 0.0217 e. The number of nitrogens with one attached hydrogen (secondary N) is 1. The Morgan fingerprint density at radius 1 is 1.15 bits per heavy atom. The van der Waals surface area contributed by atoms with E-state index in [1.807, 2.05) is 0 Å². The lowest BCUT2D eigenvalue weighted by Crippen LogP contribution is -2.42. The van der Waals surface area contributed by atoms with E-state index < -0.39 is 0 Å². The monoisotopic (exact) mass is 274 g/mol. The van der Waals surface area contributed by atoms with Crippen molar-refractivity contribution in [3.63, 3.8) is 0 Å². The van der Waals surface area contributed by atoms with Gasteiger partial charge < -0.3 is 10.2 Å². The van der Waals surface area contributed by atoms with Gasteiger partial charge in [-0.3, -0.25) is 0 Å². The van der Waals surface area contributed by atoms with Crippen LogP contribution in [0.2, 0.25) is 0 Å². The number of piperidine rings is 1. The van der Waals surface area contributed by atoms with Crippen LogP contribution in [-0.2, 0) is 12.0 Å². The third-order valence-electron chi connectivity index (χ3n) is 4.45. The van der Waals surface area contributed by atoms with Crippen LogP contribution in [0.5, 0.6) is 0 Å². The predicted molar refractivity (Wildman–Crippen MR) is 87.1 cm³/mol. The van der Waals surface area contributed by atoms with Crippen LogP contribution in [0.1, 0.15) is 51.2 Å². The minimum Gasteiger partial charge on any atom is -0.311 e. The van der Waals surface area contributed by atoms with Gasteiger partial charge in [-0.05, 0) is 43.0 Å². The molecular weight excluding hydrogens is 244 g/mol. The Hall–Kier alpha value is -0.860. The third-order valence-corrected chi connectivity index (χ3v) is 4.45. The topological polar surface area (TPSA) is 15.3 Å². The molecule has 0 aliphatic carbocycles. The van der Waals surface area contributed by atoms with Crippen molar-refractivity contribution < 1.29 is 0 Å². The molecule has 0 radical (unpaired) electrons. The zero-order valence-electron chi connectivity index (χ0n) is 13.6. The highest BCUT2D eigenvalue weighted by Gasteiger charge is 2.18. The predicted octanol–water partition coefficient (Wildman–Crippen LogP) is 3.56. The fourth-order valence-corrected chi connectivity index (χ4v) is 2.91. The van der Waals surface area contributed by atoms with Gasteiger partial charge >= 0.3 is 0 Å². The van der Waals surface area contributed by atoms with E-state index in [9.17, 15) is 0 Å². The van der Waals surface area contributed by atoms with Gasteiger partial charge in [-0.2, -0.15) is 0 Å². The van der Waals surface area contributed by atoms with E-state index in [1.54, 1.807) is 0 Å². The average Bonchev–Trinajstić information content (AvgIpc) is 2.40. The van der Waals surface area contributed by atoms with E-state index in [2.05, 4.69) is 62.3 Å². The van der Waals surface area contributed by atoms with Gasteiger partial charge in [0.1, 0.15) is 0 Å². The van der Waals surface area contributed by atoms with Crippen molar-refractivity contribution in [3.8, 4) is 0 Å². The van der Waals surface area contributed by atoms with Crippen LogP contribution < -0.4 is 5.32 Å². The summed E-state index contributed by atoms with van der Waals surface area (Å²) < 4.78 is 0. The van der Waals surface area contributed by atoms with Crippen LogP contribution in [0, 0.1) is 0 Å². The lowest BCUT2D eigenvalue weighted by Gasteiger charge is -2.32. The zero-order chi connectivity index (χ0) is 14.6. The van der Waals surface area contributed by atoms with E-state index in [0.717, 1.165) is 19.1 Å². The molecule has 1 aliphatic heterocycles. The summed E-state index contributed by atoms with van der Waals surface area (Å²) in [6.45, 7) is 10.1. The Balaban J connectivity index is 1.79. The summed E-state index contributed by atoms with van der Waals surface area (Å²) in [6, 6.07) is 9.78. The molecule has 112 valence electrons. The quantitative estimate of drug-likeness (QED) is 0.903. The molecule has 0 spiro atoms. The number of nitrogens with zero attached hydrogens (tertiary/aromatic N) is 1. The van der Waals surface area contributed by atoms with Crippen molar-refractivity contribution in [2.45, 2.75) is 58.0 Å². The molecule has 1 atom stereocenters. The Morgan fingerprint density at radius 3 is 2.45 bits per heavy atom. The maximum absolute atomic E-state index is 3.62. The Morgan fingerprint density at radius 2 is 1.85 bits per heavy atom. The molecule has 2 rings (SSSR count). The smallest absolute Gasteiger partial charge is 0.0217 e. The van der Waals surface area contributed by atoms with Crippen LogP contribution in [0.3, 0.4) is 0 Å². The lowest BCUT2D eigenvalue weighted by molar-refractivity contribution is 0.181. The Bertz CT molecular complexity index is 402. The molecule has 20 heavy (non-hydrogen) atoms. The van der Waals surface area contributed by atoms with Crippen molar-refractivity contribution in [3.05, 3.63) is 35.4 Å². The van der Waals surface area contributed by atoms with Crippen molar-refractivity contribution in [1.29, 1.82) is 0 Å². The SMILES string of the molecule is CN1CCCCC1CNCc1ccc(C(C)(C)C)cc1. The molecule has 1 saturated heterocycles. The first-order chi connectivity index (χ1) is 9.47. The number of likely N-dealkylation sites (N-methyl/N-ethyl adjacent to an activating group) is 1. The summed E-state index contributed by atoms with van der Waals surface area (Å²) in [4.78, 5) is 2.50. The molecule has 0 amide bonds. The molecule has 1 N–H and O–H groups in total. The Kier molecular flexibility index (Phi) is 5.22. The second-order valence-electron chi connectivity index (χ2n) is 7.21. The second-order valence-corrected chi connectivity index (χ2v) is 7.21. The summed E-state index contributed by atoms with van der Waals surface area (Å²) in [5, 5.41) is 3.62. The van der Waals surface area contributed by atoms with Gasteiger partial charge in [0, 0.05) is 19.1 Å². The molecule has 0 bridgehead atoms. The van der Waals surface area contributed by atoms with Crippen molar-refractivity contribution in [2.75, 3.05) is 20.1 Å². The summed E-state index contributed by atoms with van der Waals surface area (Å²) in [7, 11) is 2.25. The first-order valence-electron chi connectivity index (χ1n) is 7.97. The summed E-state index contributed by atoms with van der Waals surface area (Å²) >= 11 is 0. The molecule has 1 aromatic carbocycles. The molecule has 1 unspecified atom stereocenters. The van der Waals surface area contributed by atoms with Crippen LogP contribution in [0.25, 0.3) is 0 Å². The normalized spacial score (nSPS) is 21.1. The highest BCUT2D eigenvalue weighted by molar-refractivity contribution is 5.27. The van der Waals surface area contributed by atoms with Gasteiger partial charge in [-0.1, -0.05) is 51.5 Å². The summed E-state index contributed by atoms with van der Waals surface area (Å²) in [5.74, 6) is 0. The largest absolute Gasteiger partial charge is 0.311 e. The van der Waals surface area contributed by atoms with Gasteiger partial charge in [-0.25, -0.2) is 0 Å². The lowest BCUT2D eigenvalue weighted by atomic mass is 9.87. The molecule has 0 aromatic heterocycles. The fourth-order valence-electron chi connectivity index (χ4n) is 2.91. The first kappa shape index (κ1) is 15.5. The summed E-state index contributed by atoms with van der Waals surface area (Å²) in [5.41, 5.74) is 3.04. The van der Waals surface area contributed by atoms with Gasteiger partial charge in [0.05, 0.1) is 0 Å². The Labute approximate surface area is 124 Å². The standard InChI is InChI=1S/C18H30N2/c1-18(2,3)16-10-8-15(9-11-16)13-19-14-17-7-5-6-12-20(17)4/h8-11,17,19H,5-7,12-14H2,1-4H3. The van der Waals surface area contributed by atoms with Crippen molar-refractivity contribution in [1.82, 2.24) is 10.2 Å². The van der Waals surface area contributed by atoms with Gasteiger partial charge in [-0.15, -0.1) is 0 Å². The van der Waals surface area contributed by atoms with E-state index in [0.29, 0.717) is 0 Å². The van der Waals surface area contributed by atoms with Crippen molar-refractivity contribution in [2.24, 2.45) is 0 Å². The van der Waals surface area contributed by atoms with Crippen LogP contribution in [0.15, 0.2) is 24.3 Å². The highest BCUT2D eigenvalue weighted by Crippen LogP contribution is 2.22. The summed E-state index contributed by atoms with van der Waals surface area (Å²) in [6.07, 6.45) is 4.09. The highest BCUT2D eigenvalue weighted by atomic mass is 15.2. The van der Waals surface area contributed by atoms with Crippen LogP contribution in [0.4, 0.5) is 0 Å². The molecular formula is C18H30N2. The van der Waals surface area contributed by atoms with Crippen LogP contribution in [-0.4, -0.2) is 31.1 Å². The number of likely N-dealkylation sites (tertiary alicyclic amines) is 1. The molecule has 2 nitrogen and oxygen atoms in total. The number of benzene rings is 1. The number of rotatable bonds is 4. The van der Waals surface area contributed by atoms with Gasteiger partial charge in [0.15, 0.2) is 0 Å². The molecule has 1 aromatic rings. The molecule has 1 aliphatic rings. The average molecular weight is 274 g/mol. The molecule has 2 heteroatoms. The number of hydrogen-bond acceptors (Lipinski definition) is 2. The van der Waals surface area contributed by atoms with Crippen molar-refractivity contribution >= 4 is 0 Å². The molecule has 1 fully saturated rings. The van der Waals surface area contributed by atoms with E-state index >= 15 is 0 Å². The van der Waals surface area contributed by atoms with Gasteiger partial charge in [0.2, 0.25) is 0 Å². The third kappa shape index (κ3) is 4.32. The first-order valence-corrected chi connectivity index (χ1v) is 7.97. The minimum atomic E-state index is 0.247. The zero-order valence-corrected chi connectivity index (χ0v) is 13.6. The van der Waals surface area contributed by atoms with E-state index in [1.165, 1.54) is 36.9 Å². The van der Waals surface area contributed by atoms with E-state index in [-0.39, 0.29) is 5.41 Å². The van der Waals surface area contributed by atoms with E-state index in [4.69, 9.17) is 0 Å². The van der Waals surface area contributed by atoms with Crippen LogP contribution >= 0.6 is 0 Å². The second kappa shape index (κ2) is 6.73. The minimum absolute atomic E-state index is 0.247. The maximum atomic E-state index is 3.62. The molecule has 0 saturated carbocycles. The molecule has 1 heterocycles. The van der Waals surface area contributed by atoms with Gasteiger partial charge in [0.25, 0.3) is 0 Å².